The number of hydrogen-bond acceptors (Lipinski definition) is 5. The van der Waals surface area contributed by atoms with Crippen molar-refractivity contribution >= 4 is 27.5 Å². The third-order valence-electron chi connectivity index (χ3n) is 4.92. The molecular weight excluding hydrogens is 428 g/mol. The van der Waals surface area contributed by atoms with Crippen molar-refractivity contribution in [2.75, 3.05) is 26.5 Å². The molecule has 0 aliphatic carbocycles. The summed E-state index contributed by atoms with van der Waals surface area (Å²) in [4.78, 5) is 12.7. The Morgan fingerprint density at radius 2 is 1.93 bits per heavy atom. The maximum absolute atomic E-state index is 12.7. The molecule has 2 aromatic rings. The van der Waals surface area contributed by atoms with E-state index in [9.17, 15) is 13.2 Å². The van der Waals surface area contributed by atoms with Gasteiger partial charge < -0.3 is 14.8 Å². The topological polar surface area (TPSA) is 84.9 Å². The van der Waals surface area contributed by atoms with E-state index < -0.39 is 10.0 Å². The van der Waals surface area contributed by atoms with Crippen LogP contribution >= 0.6 is 11.6 Å². The Kier molecular flexibility index (Phi) is 7.23. The quantitative estimate of drug-likeness (QED) is 0.697. The van der Waals surface area contributed by atoms with E-state index in [-0.39, 0.29) is 18.5 Å². The lowest BCUT2D eigenvalue weighted by Gasteiger charge is -2.31. The molecule has 0 radical (unpaired) electrons. The number of carbonyl (C=O) groups is 1. The van der Waals surface area contributed by atoms with Crippen molar-refractivity contribution in [2.45, 2.75) is 25.5 Å². The average Bonchev–Trinajstić information content (AvgIpc) is 2.72. The lowest BCUT2D eigenvalue weighted by atomic mass is 10.1. The van der Waals surface area contributed by atoms with Gasteiger partial charge in [-0.25, -0.2) is 12.7 Å². The first-order chi connectivity index (χ1) is 14.3. The summed E-state index contributed by atoms with van der Waals surface area (Å²) in [5.74, 6) is 0.681. The van der Waals surface area contributed by atoms with E-state index in [4.69, 9.17) is 21.1 Å². The van der Waals surface area contributed by atoms with Gasteiger partial charge in [0.05, 0.1) is 13.4 Å². The number of halogens is 1. The van der Waals surface area contributed by atoms with Crippen LogP contribution in [0.25, 0.3) is 0 Å². The van der Waals surface area contributed by atoms with Gasteiger partial charge in [-0.2, -0.15) is 0 Å². The van der Waals surface area contributed by atoms with Crippen molar-refractivity contribution in [1.29, 1.82) is 0 Å². The molecule has 1 atom stereocenters. The molecule has 3 rings (SSSR count). The zero-order chi connectivity index (χ0) is 21.7. The number of piperidine rings is 1. The Morgan fingerprint density at radius 1 is 1.20 bits per heavy atom. The monoisotopic (exact) mass is 452 g/mol. The number of ether oxygens (including phenoxy) is 2. The molecule has 1 fully saturated rings. The fraction of sp³-hybridized carbons (Fsp3) is 0.381. The molecule has 0 spiro atoms. The molecule has 1 N–H and O–H groups in total. The van der Waals surface area contributed by atoms with E-state index in [2.05, 4.69) is 5.32 Å². The van der Waals surface area contributed by atoms with Gasteiger partial charge >= 0.3 is 0 Å². The Hall–Kier alpha value is -2.29. The third-order valence-corrected chi connectivity index (χ3v) is 6.44. The maximum Gasteiger partial charge on any atom is 0.251 e. The Labute approximate surface area is 182 Å². The zero-order valence-corrected chi connectivity index (χ0v) is 18.5. The molecule has 1 heterocycles. The Bertz CT molecular complexity index is 995. The molecule has 1 unspecified atom stereocenters. The summed E-state index contributed by atoms with van der Waals surface area (Å²) < 4.78 is 36.1. The van der Waals surface area contributed by atoms with Crippen molar-refractivity contribution in [1.82, 2.24) is 9.62 Å². The van der Waals surface area contributed by atoms with Crippen LogP contribution in [0.2, 0.25) is 5.02 Å². The van der Waals surface area contributed by atoms with Crippen LogP contribution in [-0.4, -0.2) is 51.1 Å². The highest BCUT2D eigenvalue weighted by Gasteiger charge is 2.27. The molecule has 0 saturated carbocycles. The summed E-state index contributed by atoms with van der Waals surface area (Å²) in [5.41, 5.74) is 1.37. The van der Waals surface area contributed by atoms with Gasteiger partial charge in [-0.3, -0.25) is 4.79 Å². The van der Waals surface area contributed by atoms with E-state index in [0.717, 1.165) is 12.0 Å². The smallest absolute Gasteiger partial charge is 0.251 e. The fourth-order valence-electron chi connectivity index (χ4n) is 3.30. The standard InChI is InChI=1S/C21H25ClN2O5S/c1-28-20-12-16(7-10-19(20)29-14-15-5-8-17(22)9-6-15)21(25)23-18-4-3-11-24(13-18)30(2,26)27/h5-10,12,18H,3-4,11,13-14H2,1-2H3,(H,23,25). The fourth-order valence-corrected chi connectivity index (χ4v) is 4.34. The molecular formula is C21H25ClN2O5S. The summed E-state index contributed by atoms with van der Waals surface area (Å²) in [6.07, 6.45) is 2.63. The molecule has 0 aromatic heterocycles. The molecule has 1 saturated heterocycles. The summed E-state index contributed by atoms with van der Waals surface area (Å²) in [6.45, 7) is 1.10. The van der Waals surface area contributed by atoms with Crippen LogP contribution < -0.4 is 14.8 Å². The second-order valence-corrected chi connectivity index (χ2v) is 9.63. The number of benzene rings is 2. The summed E-state index contributed by atoms with van der Waals surface area (Å²) in [5, 5.41) is 3.57. The maximum atomic E-state index is 12.7. The number of nitrogens with one attached hydrogen (secondary N) is 1. The zero-order valence-electron chi connectivity index (χ0n) is 16.9. The number of methoxy groups -OCH3 is 1. The number of carbonyl (C=O) groups excluding carboxylic acids is 1. The molecule has 1 amide bonds. The first-order valence-corrected chi connectivity index (χ1v) is 11.8. The summed E-state index contributed by atoms with van der Waals surface area (Å²) in [7, 11) is -1.76. The van der Waals surface area contributed by atoms with Crippen molar-refractivity contribution in [2.24, 2.45) is 0 Å². The molecule has 0 bridgehead atoms. The minimum atomic E-state index is -3.27. The van der Waals surface area contributed by atoms with Gasteiger partial charge in [-0.05, 0) is 48.7 Å². The van der Waals surface area contributed by atoms with Crippen molar-refractivity contribution in [3.05, 3.63) is 58.6 Å². The molecule has 162 valence electrons. The van der Waals surface area contributed by atoms with Gasteiger partial charge in [0, 0.05) is 29.7 Å². The first kappa shape index (κ1) is 22.4. The van der Waals surface area contributed by atoms with Gasteiger partial charge in [0.1, 0.15) is 6.61 Å². The Balaban J connectivity index is 1.64. The van der Waals surface area contributed by atoms with E-state index in [1.54, 1.807) is 30.3 Å². The van der Waals surface area contributed by atoms with Crippen LogP contribution in [0.1, 0.15) is 28.8 Å². The minimum Gasteiger partial charge on any atom is -0.493 e. The van der Waals surface area contributed by atoms with Crippen molar-refractivity contribution in [3.63, 3.8) is 0 Å². The summed E-state index contributed by atoms with van der Waals surface area (Å²) >= 11 is 5.89. The Morgan fingerprint density at radius 3 is 2.60 bits per heavy atom. The van der Waals surface area contributed by atoms with E-state index in [1.165, 1.54) is 17.7 Å². The lowest BCUT2D eigenvalue weighted by Crippen LogP contribution is -2.49. The highest BCUT2D eigenvalue weighted by molar-refractivity contribution is 7.88. The van der Waals surface area contributed by atoms with Crippen LogP contribution in [-0.2, 0) is 16.6 Å². The third kappa shape index (κ3) is 5.87. The average molecular weight is 453 g/mol. The van der Waals surface area contributed by atoms with Gasteiger partial charge in [0.2, 0.25) is 10.0 Å². The highest BCUT2D eigenvalue weighted by Crippen LogP contribution is 2.29. The summed E-state index contributed by atoms with van der Waals surface area (Å²) in [6, 6.07) is 12.1. The van der Waals surface area contributed by atoms with E-state index in [1.807, 2.05) is 12.1 Å². The highest BCUT2D eigenvalue weighted by atomic mass is 35.5. The number of amides is 1. The number of sulfonamides is 1. The molecule has 30 heavy (non-hydrogen) atoms. The van der Waals surface area contributed by atoms with Crippen molar-refractivity contribution in [3.8, 4) is 11.5 Å². The SMILES string of the molecule is COc1cc(C(=O)NC2CCCN(S(C)(=O)=O)C2)ccc1OCc1ccc(Cl)cc1. The largest absolute Gasteiger partial charge is 0.493 e. The van der Waals surface area contributed by atoms with Crippen LogP contribution in [0, 0.1) is 0 Å². The predicted octanol–water partition coefficient (Wildman–Crippen LogP) is 3.08. The lowest BCUT2D eigenvalue weighted by molar-refractivity contribution is 0.0921. The normalized spacial score (nSPS) is 17.4. The van der Waals surface area contributed by atoms with Gasteiger partial charge in [0.15, 0.2) is 11.5 Å². The molecule has 9 heteroatoms. The molecule has 1 aliphatic heterocycles. The van der Waals surface area contributed by atoms with E-state index in [0.29, 0.717) is 41.7 Å². The molecule has 7 nitrogen and oxygen atoms in total. The minimum absolute atomic E-state index is 0.229. The second kappa shape index (κ2) is 9.68. The second-order valence-electron chi connectivity index (χ2n) is 7.21. The van der Waals surface area contributed by atoms with Crippen LogP contribution in [0.4, 0.5) is 0 Å². The van der Waals surface area contributed by atoms with Gasteiger partial charge in [0.25, 0.3) is 5.91 Å². The van der Waals surface area contributed by atoms with Crippen LogP contribution in [0.3, 0.4) is 0 Å². The van der Waals surface area contributed by atoms with Gasteiger partial charge in [-0.15, -0.1) is 0 Å². The number of nitrogens with zero attached hydrogens (tertiary/aromatic N) is 1. The van der Waals surface area contributed by atoms with Crippen LogP contribution in [0.5, 0.6) is 11.5 Å². The molecule has 1 aliphatic rings. The predicted molar refractivity (Wildman–Crippen MR) is 116 cm³/mol. The van der Waals surface area contributed by atoms with E-state index >= 15 is 0 Å². The number of hydrogen-bond donors (Lipinski definition) is 1. The molecule has 2 aromatic carbocycles. The van der Waals surface area contributed by atoms with Gasteiger partial charge in [-0.1, -0.05) is 23.7 Å². The first-order valence-electron chi connectivity index (χ1n) is 9.57. The van der Waals surface area contributed by atoms with Crippen LogP contribution in [0.15, 0.2) is 42.5 Å². The number of rotatable bonds is 7. The van der Waals surface area contributed by atoms with Crippen molar-refractivity contribution < 1.29 is 22.7 Å².